The van der Waals surface area contributed by atoms with Crippen molar-refractivity contribution in [2.45, 2.75) is 0 Å². The number of primary amides is 1. The lowest BCUT2D eigenvalue weighted by Gasteiger charge is -2.00. The Morgan fingerprint density at radius 2 is 2.00 bits per heavy atom. The second-order valence-corrected chi connectivity index (χ2v) is 6.10. The van der Waals surface area contributed by atoms with Gasteiger partial charge in [0.1, 0.15) is 0 Å². The molecule has 1 aromatic heterocycles. The molecule has 1 heterocycles. The zero-order chi connectivity index (χ0) is 18.5. The van der Waals surface area contributed by atoms with Crippen LogP contribution in [0.3, 0.4) is 0 Å². The first-order valence-electron chi connectivity index (χ1n) is 7.52. The Hall–Kier alpha value is -3.52. The van der Waals surface area contributed by atoms with Gasteiger partial charge in [0.05, 0.1) is 17.5 Å². The number of thiazole rings is 1. The molecule has 0 unspecified atom stereocenters. The van der Waals surface area contributed by atoms with Gasteiger partial charge in [0, 0.05) is 22.1 Å². The van der Waals surface area contributed by atoms with Crippen LogP contribution in [0.2, 0.25) is 0 Å². The fourth-order valence-electron chi connectivity index (χ4n) is 2.25. The number of amides is 1. The Morgan fingerprint density at radius 3 is 2.77 bits per heavy atom. The number of carbonyl (C=O) groups excluding carboxylic acids is 1. The van der Waals surface area contributed by atoms with E-state index in [1.54, 1.807) is 36.4 Å². The summed E-state index contributed by atoms with van der Waals surface area (Å²) in [7, 11) is 0. The van der Waals surface area contributed by atoms with Crippen molar-refractivity contribution in [1.82, 2.24) is 4.98 Å². The molecule has 2 aromatic carbocycles. The van der Waals surface area contributed by atoms with Crippen LogP contribution in [0.5, 0.6) is 0 Å². The van der Waals surface area contributed by atoms with E-state index in [0.29, 0.717) is 22.0 Å². The van der Waals surface area contributed by atoms with Crippen LogP contribution in [0.4, 0.5) is 5.13 Å². The van der Waals surface area contributed by atoms with E-state index in [9.17, 15) is 9.59 Å². The van der Waals surface area contributed by atoms with E-state index in [2.05, 4.69) is 15.5 Å². The second kappa shape index (κ2) is 7.58. The number of rotatable bonds is 6. The van der Waals surface area contributed by atoms with E-state index < -0.39 is 11.9 Å². The summed E-state index contributed by atoms with van der Waals surface area (Å²) in [6.45, 7) is 0. The molecule has 8 heteroatoms. The number of carboxylic acids is 1. The average molecular weight is 366 g/mol. The van der Waals surface area contributed by atoms with Crippen LogP contribution in [-0.2, 0) is 0 Å². The van der Waals surface area contributed by atoms with Crippen molar-refractivity contribution in [2.75, 3.05) is 5.43 Å². The summed E-state index contributed by atoms with van der Waals surface area (Å²) in [6.07, 6.45) is 1.43. The van der Waals surface area contributed by atoms with Crippen molar-refractivity contribution in [3.8, 4) is 11.3 Å². The molecule has 0 atom stereocenters. The number of nitrogens with zero attached hydrogens (tertiary/aromatic N) is 2. The third-order valence-electron chi connectivity index (χ3n) is 3.50. The molecular formula is C18H14N4O3S. The van der Waals surface area contributed by atoms with E-state index in [4.69, 9.17) is 10.8 Å². The maximum absolute atomic E-state index is 11.3. The highest BCUT2D eigenvalue weighted by Gasteiger charge is 2.08. The highest BCUT2D eigenvalue weighted by molar-refractivity contribution is 7.14. The van der Waals surface area contributed by atoms with Gasteiger partial charge in [-0.25, -0.2) is 9.78 Å². The van der Waals surface area contributed by atoms with Gasteiger partial charge in [-0.3, -0.25) is 10.2 Å². The number of hydrogen-bond donors (Lipinski definition) is 3. The molecule has 0 radical (unpaired) electrons. The van der Waals surface area contributed by atoms with Gasteiger partial charge in [0.2, 0.25) is 11.0 Å². The molecule has 3 rings (SSSR count). The number of aromatic carboxylic acids is 1. The number of carbonyl (C=O) groups is 2. The minimum absolute atomic E-state index is 0.168. The molecular weight excluding hydrogens is 352 g/mol. The van der Waals surface area contributed by atoms with Gasteiger partial charge in [-0.1, -0.05) is 30.3 Å². The van der Waals surface area contributed by atoms with Crippen LogP contribution in [0.1, 0.15) is 26.3 Å². The van der Waals surface area contributed by atoms with Crippen LogP contribution in [0, 0.1) is 0 Å². The largest absolute Gasteiger partial charge is 0.478 e. The van der Waals surface area contributed by atoms with Crippen molar-refractivity contribution >= 4 is 34.6 Å². The van der Waals surface area contributed by atoms with E-state index in [1.165, 1.54) is 23.6 Å². The van der Waals surface area contributed by atoms with Crippen LogP contribution in [0.25, 0.3) is 11.3 Å². The van der Waals surface area contributed by atoms with Gasteiger partial charge in [-0.05, 0) is 18.2 Å². The number of hydrogen-bond acceptors (Lipinski definition) is 6. The topological polar surface area (TPSA) is 118 Å². The Balaban J connectivity index is 1.74. The molecule has 130 valence electrons. The molecule has 0 aliphatic rings. The molecule has 26 heavy (non-hydrogen) atoms. The van der Waals surface area contributed by atoms with Gasteiger partial charge in [0.25, 0.3) is 0 Å². The van der Waals surface area contributed by atoms with Crippen molar-refractivity contribution in [2.24, 2.45) is 10.8 Å². The summed E-state index contributed by atoms with van der Waals surface area (Å²) in [5.41, 5.74) is 10.6. The maximum Gasteiger partial charge on any atom is 0.336 e. The first-order valence-corrected chi connectivity index (χ1v) is 8.40. The lowest BCUT2D eigenvalue weighted by Crippen LogP contribution is -2.10. The van der Waals surface area contributed by atoms with Gasteiger partial charge in [-0.2, -0.15) is 5.10 Å². The SMILES string of the molecule is NC(=O)c1cccc(-c2csc(NN=Cc3ccccc3C(=O)O)n2)c1. The van der Waals surface area contributed by atoms with Crippen LogP contribution >= 0.6 is 11.3 Å². The predicted octanol–water partition coefficient (Wildman–Crippen LogP) is 3.05. The van der Waals surface area contributed by atoms with E-state index in [1.807, 2.05) is 11.4 Å². The van der Waals surface area contributed by atoms with E-state index in [-0.39, 0.29) is 5.56 Å². The van der Waals surface area contributed by atoms with Crippen molar-refractivity contribution in [3.05, 3.63) is 70.6 Å². The summed E-state index contributed by atoms with van der Waals surface area (Å²) in [4.78, 5) is 26.8. The highest BCUT2D eigenvalue weighted by atomic mass is 32.1. The van der Waals surface area contributed by atoms with E-state index >= 15 is 0 Å². The fourth-order valence-corrected chi connectivity index (χ4v) is 2.92. The van der Waals surface area contributed by atoms with Crippen molar-refractivity contribution in [1.29, 1.82) is 0 Å². The van der Waals surface area contributed by atoms with E-state index in [0.717, 1.165) is 5.56 Å². The standard InChI is InChI=1S/C18H14N4O3S/c19-16(23)12-6-3-5-11(8-12)15-10-26-18(21-15)22-20-9-13-4-1-2-7-14(13)17(24)25/h1-10H,(H2,19,23)(H,21,22)(H,24,25). The van der Waals surface area contributed by atoms with Crippen LogP contribution < -0.4 is 11.2 Å². The predicted molar refractivity (Wildman–Crippen MR) is 101 cm³/mol. The number of hydrazone groups is 1. The number of anilines is 1. The number of benzene rings is 2. The average Bonchev–Trinajstić information content (AvgIpc) is 3.11. The van der Waals surface area contributed by atoms with Gasteiger partial charge < -0.3 is 10.8 Å². The smallest absolute Gasteiger partial charge is 0.336 e. The Morgan fingerprint density at radius 1 is 1.19 bits per heavy atom. The molecule has 0 bridgehead atoms. The molecule has 0 fully saturated rings. The molecule has 7 nitrogen and oxygen atoms in total. The molecule has 0 spiro atoms. The lowest BCUT2D eigenvalue weighted by atomic mass is 10.1. The normalized spacial score (nSPS) is 10.8. The van der Waals surface area contributed by atoms with Gasteiger partial charge >= 0.3 is 5.97 Å². The molecule has 4 N–H and O–H groups in total. The summed E-state index contributed by atoms with van der Waals surface area (Å²) in [5, 5.41) is 15.5. The number of nitrogens with two attached hydrogens (primary N) is 1. The Labute approximate surface area is 152 Å². The number of carboxylic acid groups (broad SMARTS) is 1. The van der Waals surface area contributed by atoms with Crippen molar-refractivity contribution in [3.63, 3.8) is 0 Å². The Kier molecular flexibility index (Phi) is 5.04. The summed E-state index contributed by atoms with van der Waals surface area (Å²) < 4.78 is 0. The maximum atomic E-state index is 11.3. The van der Waals surface area contributed by atoms with Crippen molar-refractivity contribution < 1.29 is 14.7 Å². The zero-order valence-corrected chi connectivity index (χ0v) is 14.2. The minimum atomic E-state index is -1.02. The highest BCUT2D eigenvalue weighted by Crippen LogP contribution is 2.25. The Bertz CT molecular complexity index is 997. The quantitative estimate of drug-likeness (QED) is 0.458. The zero-order valence-electron chi connectivity index (χ0n) is 13.4. The summed E-state index contributed by atoms with van der Waals surface area (Å²) in [6, 6.07) is 13.5. The summed E-state index contributed by atoms with van der Waals surface area (Å²) in [5.74, 6) is -1.51. The second-order valence-electron chi connectivity index (χ2n) is 5.25. The first-order chi connectivity index (χ1) is 12.5. The van der Waals surface area contributed by atoms with Gasteiger partial charge in [-0.15, -0.1) is 11.3 Å². The molecule has 0 saturated carbocycles. The minimum Gasteiger partial charge on any atom is -0.478 e. The first kappa shape index (κ1) is 17.3. The number of aromatic nitrogens is 1. The molecule has 3 aromatic rings. The summed E-state index contributed by atoms with van der Waals surface area (Å²) >= 11 is 1.34. The van der Waals surface area contributed by atoms with Gasteiger partial charge in [0.15, 0.2) is 0 Å². The molecule has 0 saturated heterocycles. The molecule has 0 aliphatic heterocycles. The number of nitrogens with one attached hydrogen (secondary N) is 1. The fraction of sp³-hybridized carbons (Fsp3) is 0. The monoisotopic (exact) mass is 366 g/mol. The molecule has 0 aliphatic carbocycles. The van der Waals surface area contributed by atoms with Crippen LogP contribution in [0.15, 0.2) is 59.0 Å². The third-order valence-corrected chi connectivity index (χ3v) is 4.25. The lowest BCUT2D eigenvalue weighted by molar-refractivity contribution is 0.0696. The third kappa shape index (κ3) is 3.93. The molecule has 1 amide bonds. The van der Waals surface area contributed by atoms with Crippen LogP contribution in [-0.4, -0.2) is 28.2 Å².